The number of carbonyl (C=O) groups excluding carboxylic acids is 1. The van der Waals surface area contributed by atoms with Crippen molar-refractivity contribution in [1.29, 1.82) is 0 Å². The van der Waals surface area contributed by atoms with Gasteiger partial charge in [-0.05, 0) is 46.7 Å². The van der Waals surface area contributed by atoms with E-state index in [1.807, 2.05) is 42.5 Å². The molecule has 2 N–H and O–H groups in total. The molecule has 3 aromatic carbocycles. The summed E-state index contributed by atoms with van der Waals surface area (Å²) in [6, 6.07) is 19.4. The van der Waals surface area contributed by atoms with Crippen LogP contribution in [0, 0.1) is 0 Å². The fourth-order valence-electron chi connectivity index (χ4n) is 2.63. The number of ether oxygens (including phenoxy) is 2. The van der Waals surface area contributed by atoms with Crippen molar-refractivity contribution < 1.29 is 14.3 Å². The molecule has 0 saturated heterocycles. The van der Waals surface area contributed by atoms with Gasteiger partial charge in [0.15, 0.2) is 11.5 Å². The van der Waals surface area contributed by atoms with Gasteiger partial charge in [0.1, 0.15) is 0 Å². The Balaban J connectivity index is 1.53. The van der Waals surface area contributed by atoms with Crippen LogP contribution in [0.1, 0.15) is 5.56 Å². The molecule has 0 aromatic heterocycles. The van der Waals surface area contributed by atoms with Crippen LogP contribution in [-0.2, 0) is 4.79 Å². The van der Waals surface area contributed by atoms with Crippen LogP contribution in [0.5, 0.6) is 11.5 Å². The van der Waals surface area contributed by atoms with Gasteiger partial charge in [-0.2, -0.15) is 5.10 Å². The van der Waals surface area contributed by atoms with Crippen LogP contribution in [0.25, 0.3) is 10.8 Å². The lowest BCUT2D eigenvalue weighted by Gasteiger charge is -2.08. The molecule has 0 aliphatic rings. The minimum absolute atomic E-state index is 0.127. The van der Waals surface area contributed by atoms with E-state index in [9.17, 15) is 4.79 Å². The van der Waals surface area contributed by atoms with Gasteiger partial charge in [-0.15, -0.1) is 0 Å². The van der Waals surface area contributed by atoms with Crippen LogP contribution in [0.15, 0.2) is 65.8 Å². The van der Waals surface area contributed by atoms with E-state index in [4.69, 9.17) is 9.47 Å². The predicted molar refractivity (Wildman–Crippen MR) is 108 cm³/mol. The summed E-state index contributed by atoms with van der Waals surface area (Å²) in [5.41, 5.74) is 4.17. The van der Waals surface area contributed by atoms with E-state index < -0.39 is 0 Å². The molecule has 0 spiro atoms. The Bertz CT molecular complexity index is 970. The van der Waals surface area contributed by atoms with E-state index in [1.54, 1.807) is 32.6 Å². The van der Waals surface area contributed by atoms with Crippen molar-refractivity contribution in [3.8, 4) is 11.5 Å². The van der Waals surface area contributed by atoms with Crippen LogP contribution >= 0.6 is 0 Å². The van der Waals surface area contributed by atoms with Crippen molar-refractivity contribution in [3.63, 3.8) is 0 Å². The third kappa shape index (κ3) is 4.76. The SMILES string of the molecule is COc1ccc(/C=N/NC(=O)CNc2ccc3ccccc3c2)cc1OC. The minimum atomic E-state index is -0.236. The Kier molecular flexibility index (Phi) is 5.89. The van der Waals surface area contributed by atoms with Gasteiger partial charge in [0, 0.05) is 5.69 Å². The molecule has 6 heteroatoms. The molecule has 6 nitrogen and oxygen atoms in total. The van der Waals surface area contributed by atoms with Crippen LogP contribution in [-0.4, -0.2) is 32.9 Å². The van der Waals surface area contributed by atoms with Gasteiger partial charge in [0.05, 0.1) is 27.0 Å². The molecular formula is C21H21N3O3. The summed E-state index contributed by atoms with van der Waals surface area (Å²) in [5.74, 6) is 1.00. The highest BCUT2D eigenvalue weighted by atomic mass is 16.5. The Hall–Kier alpha value is -3.54. The number of rotatable bonds is 7. The molecular weight excluding hydrogens is 342 g/mol. The summed E-state index contributed by atoms with van der Waals surface area (Å²) in [5, 5.41) is 9.35. The zero-order valence-corrected chi connectivity index (χ0v) is 15.2. The number of nitrogens with zero attached hydrogens (tertiary/aromatic N) is 1. The zero-order valence-electron chi connectivity index (χ0n) is 15.2. The smallest absolute Gasteiger partial charge is 0.259 e. The van der Waals surface area contributed by atoms with Gasteiger partial charge in [-0.1, -0.05) is 30.3 Å². The van der Waals surface area contributed by atoms with Gasteiger partial charge >= 0.3 is 0 Å². The first-order chi connectivity index (χ1) is 13.2. The highest BCUT2D eigenvalue weighted by Gasteiger charge is 2.04. The van der Waals surface area contributed by atoms with Crippen molar-refractivity contribution in [2.75, 3.05) is 26.1 Å². The van der Waals surface area contributed by atoms with Crippen molar-refractivity contribution in [3.05, 3.63) is 66.2 Å². The molecule has 27 heavy (non-hydrogen) atoms. The Morgan fingerprint density at radius 2 is 1.74 bits per heavy atom. The van der Waals surface area contributed by atoms with Gasteiger partial charge < -0.3 is 14.8 Å². The van der Waals surface area contributed by atoms with Crippen molar-refractivity contribution in [2.45, 2.75) is 0 Å². The highest BCUT2D eigenvalue weighted by Crippen LogP contribution is 2.26. The van der Waals surface area contributed by atoms with Crippen LogP contribution in [0.4, 0.5) is 5.69 Å². The largest absolute Gasteiger partial charge is 0.493 e. The van der Waals surface area contributed by atoms with E-state index in [0.717, 1.165) is 22.0 Å². The third-order valence-corrected chi connectivity index (χ3v) is 4.01. The second-order valence-corrected chi connectivity index (χ2v) is 5.82. The zero-order chi connectivity index (χ0) is 19.1. The number of hydrazone groups is 1. The predicted octanol–water partition coefficient (Wildman–Crippen LogP) is 3.42. The van der Waals surface area contributed by atoms with E-state index in [0.29, 0.717) is 11.5 Å². The quantitative estimate of drug-likeness (QED) is 0.498. The first-order valence-corrected chi connectivity index (χ1v) is 8.46. The van der Waals surface area contributed by atoms with Crippen molar-refractivity contribution in [1.82, 2.24) is 5.43 Å². The summed E-state index contributed by atoms with van der Waals surface area (Å²) in [6.45, 7) is 0.127. The maximum atomic E-state index is 12.0. The third-order valence-electron chi connectivity index (χ3n) is 4.01. The Morgan fingerprint density at radius 3 is 2.52 bits per heavy atom. The molecule has 3 aromatic rings. The fraction of sp³-hybridized carbons (Fsp3) is 0.143. The number of methoxy groups -OCH3 is 2. The molecule has 0 bridgehead atoms. The molecule has 0 aliphatic heterocycles. The summed E-state index contributed by atoms with van der Waals surface area (Å²) >= 11 is 0. The van der Waals surface area contributed by atoms with Crippen LogP contribution in [0.2, 0.25) is 0 Å². The Labute approximate surface area is 157 Å². The molecule has 3 rings (SSSR count). The van der Waals surface area contributed by atoms with Gasteiger partial charge in [0.2, 0.25) is 0 Å². The van der Waals surface area contributed by atoms with Crippen LogP contribution < -0.4 is 20.2 Å². The highest BCUT2D eigenvalue weighted by molar-refractivity contribution is 5.87. The van der Waals surface area contributed by atoms with Crippen molar-refractivity contribution >= 4 is 28.6 Å². The Morgan fingerprint density at radius 1 is 0.963 bits per heavy atom. The molecule has 0 unspecified atom stereocenters. The molecule has 0 atom stereocenters. The van der Waals surface area contributed by atoms with E-state index in [1.165, 1.54) is 0 Å². The van der Waals surface area contributed by atoms with Gasteiger partial charge in [0.25, 0.3) is 5.91 Å². The van der Waals surface area contributed by atoms with Crippen LogP contribution in [0.3, 0.4) is 0 Å². The molecule has 138 valence electrons. The van der Waals surface area contributed by atoms with Gasteiger partial charge in [-0.3, -0.25) is 4.79 Å². The van der Waals surface area contributed by atoms with E-state index in [-0.39, 0.29) is 12.5 Å². The maximum absolute atomic E-state index is 12.0. The average Bonchev–Trinajstić information content (AvgIpc) is 2.72. The lowest BCUT2D eigenvalue weighted by atomic mass is 10.1. The first kappa shape index (κ1) is 18.3. The summed E-state index contributed by atoms with van der Waals surface area (Å²) in [4.78, 5) is 12.0. The number of amides is 1. The lowest BCUT2D eigenvalue weighted by molar-refractivity contribution is -0.119. The number of hydrogen-bond acceptors (Lipinski definition) is 5. The lowest BCUT2D eigenvalue weighted by Crippen LogP contribution is -2.25. The summed E-state index contributed by atoms with van der Waals surface area (Å²) in [7, 11) is 3.15. The van der Waals surface area contributed by atoms with E-state index >= 15 is 0 Å². The van der Waals surface area contributed by atoms with E-state index in [2.05, 4.69) is 21.9 Å². The molecule has 0 aliphatic carbocycles. The number of carbonyl (C=O) groups is 1. The number of hydrogen-bond donors (Lipinski definition) is 2. The number of fused-ring (bicyclic) bond motifs is 1. The second kappa shape index (κ2) is 8.71. The number of nitrogens with one attached hydrogen (secondary N) is 2. The normalized spacial score (nSPS) is 10.7. The topological polar surface area (TPSA) is 72.0 Å². The molecule has 0 radical (unpaired) electrons. The molecule has 1 amide bonds. The molecule has 0 heterocycles. The number of benzene rings is 3. The van der Waals surface area contributed by atoms with Crippen molar-refractivity contribution in [2.24, 2.45) is 5.10 Å². The minimum Gasteiger partial charge on any atom is -0.493 e. The summed E-state index contributed by atoms with van der Waals surface area (Å²) in [6.07, 6.45) is 1.55. The summed E-state index contributed by atoms with van der Waals surface area (Å²) < 4.78 is 10.4. The standard InChI is InChI=1S/C21H21N3O3/c1-26-19-10-7-15(11-20(19)27-2)13-23-24-21(25)14-22-18-9-8-16-5-3-4-6-17(16)12-18/h3-13,22H,14H2,1-2H3,(H,24,25)/b23-13+. The fourth-order valence-corrected chi connectivity index (χ4v) is 2.63. The van der Waals surface area contributed by atoms with Gasteiger partial charge in [-0.25, -0.2) is 5.43 Å². The molecule has 0 fully saturated rings. The second-order valence-electron chi connectivity index (χ2n) is 5.82. The molecule has 0 saturated carbocycles. The number of anilines is 1. The monoisotopic (exact) mass is 363 g/mol. The average molecular weight is 363 g/mol. The first-order valence-electron chi connectivity index (χ1n) is 8.46. The maximum Gasteiger partial charge on any atom is 0.259 e.